The Kier molecular flexibility index (Phi) is 2.29. The second-order valence-corrected chi connectivity index (χ2v) is 4.98. The molecule has 6 heteroatoms. The highest BCUT2D eigenvalue weighted by atomic mass is 32.2. The first kappa shape index (κ1) is 11.1. The van der Waals surface area contributed by atoms with Crippen LogP contribution in [0.25, 0.3) is 21.9 Å². The average Bonchev–Trinajstić information content (AvgIpc) is 2.65. The lowest BCUT2D eigenvalue weighted by Crippen LogP contribution is -2.18. The Bertz CT molecular complexity index is 836. The average molecular weight is 263 g/mol. The lowest BCUT2D eigenvalue weighted by atomic mass is 10.1. The van der Waals surface area contributed by atoms with Crippen molar-refractivity contribution in [2.75, 3.05) is 0 Å². The summed E-state index contributed by atoms with van der Waals surface area (Å²) in [6.45, 7) is 0. The summed E-state index contributed by atoms with van der Waals surface area (Å²) >= 11 is 0. The summed E-state index contributed by atoms with van der Waals surface area (Å²) in [5, 5.41) is 6.51. The Hall–Kier alpha value is -2.05. The van der Waals surface area contributed by atoms with E-state index in [0.29, 0.717) is 5.58 Å². The molecule has 0 amide bonds. The van der Waals surface area contributed by atoms with Gasteiger partial charge in [0.25, 0.3) is 0 Å². The molecule has 0 fully saturated rings. The quantitative estimate of drug-likeness (QED) is 0.768. The van der Waals surface area contributed by atoms with E-state index in [1.165, 1.54) is 6.07 Å². The van der Waals surface area contributed by atoms with Gasteiger partial charge in [-0.2, -0.15) is 13.6 Å². The van der Waals surface area contributed by atoms with Crippen molar-refractivity contribution >= 4 is 32.2 Å². The minimum atomic E-state index is -4.01. The highest BCUT2D eigenvalue weighted by Gasteiger charge is 2.10. The zero-order valence-electron chi connectivity index (χ0n) is 9.16. The van der Waals surface area contributed by atoms with Crippen molar-refractivity contribution in [3.8, 4) is 5.75 Å². The molecule has 0 spiro atoms. The number of benzene rings is 2. The van der Waals surface area contributed by atoms with Gasteiger partial charge in [-0.15, -0.1) is 0 Å². The van der Waals surface area contributed by atoms with Crippen LogP contribution < -0.4 is 9.32 Å². The van der Waals surface area contributed by atoms with E-state index in [2.05, 4.69) is 4.18 Å². The van der Waals surface area contributed by atoms with Gasteiger partial charge in [0, 0.05) is 10.8 Å². The topological polar surface area (TPSA) is 82.5 Å². The van der Waals surface area contributed by atoms with E-state index in [1.54, 1.807) is 12.1 Å². The van der Waals surface area contributed by atoms with E-state index in [0.717, 1.165) is 16.4 Å². The molecule has 0 atom stereocenters. The fraction of sp³-hybridized carbons (Fsp3) is 0. The highest BCUT2D eigenvalue weighted by Crippen LogP contribution is 2.31. The number of nitrogens with two attached hydrogens (primary N) is 1. The van der Waals surface area contributed by atoms with Crippen LogP contribution in [0.2, 0.25) is 0 Å². The first-order chi connectivity index (χ1) is 8.53. The molecule has 0 saturated carbocycles. The normalized spacial score (nSPS) is 12.1. The minimum absolute atomic E-state index is 0.163. The summed E-state index contributed by atoms with van der Waals surface area (Å²) < 4.78 is 32.0. The van der Waals surface area contributed by atoms with Crippen molar-refractivity contribution in [2.24, 2.45) is 5.14 Å². The molecule has 0 radical (unpaired) electrons. The lowest BCUT2D eigenvalue weighted by Gasteiger charge is -2.01. The maximum atomic E-state index is 10.9. The predicted molar refractivity (Wildman–Crippen MR) is 67.5 cm³/mol. The van der Waals surface area contributed by atoms with Gasteiger partial charge in [0.2, 0.25) is 0 Å². The fourth-order valence-electron chi connectivity index (χ4n) is 1.89. The Morgan fingerprint density at radius 1 is 1.00 bits per heavy atom. The number of hydrogen-bond donors (Lipinski definition) is 1. The van der Waals surface area contributed by atoms with E-state index in [-0.39, 0.29) is 5.75 Å². The molecule has 0 aliphatic heterocycles. The Labute approximate surface area is 103 Å². The van der Waals surface area contributed by atoms with Crippen molar-refractivity contribution in [1.29, 1.82) is 0 Å². The van der Waals surface area contributed by atoms with Gasteiger partial charge in [0.1, 0.15) is 16.9 Å². The summed E-state index contributed by atoms with van der Waals surface area (Å²) in [6.07, 6.45) is 0. The number of para-hydroxylation sites is 1. The minimum Gasteiger partial charge on any atom is -0.456 e. The van der Waals surface area contributed by atoms with Crippen molar-refractivity contribution in [3.05, 3.63) is 42.5 Å². The van der Waals surface area contributed by atoms with Crippen LogP contribution in [0.15, 0.2) is 46.9 Å². The zero-order chi connectivity index (χ0) is 12.8. The number of rotatable bonds is 2. The molecule has 5 nitrogen and oxygen atoms in total. The summed E-state index contributed by atoms with van der Waals surface area (Å²) in [4.78, 5) is 0. The Balaban J connectivity index is 2.24. The molecule has 0 aliphatic carbocycles. The van der Waals surface area contributed by atoms with Crippen LogP contribution >= 0.6 is 0 Å². The van der Waals surface area contributed by atoms with Gasteiger partial charge in [0.05, 0.1) is 0 Å². The monoisotopic (exact) mass is 263 g/mol. The molecule has 3 aromatic rings. The first-order valence-electron chi connectivity index (χ1n) is 5.16. The summed E-state index contributed by atoms with van der Waals surface area (Å²) in [5.74, 6) is 0.163. The largest absolute Gasteiger partial charge is 0.456 e. The van der Waals surface area contributed by atoms with Crippen LogP contribution in [0.5, 0.6) is 5.75 Å². The third-order valence-electron chi connectivity index (χ3n) is 2.56. The smallest absolute Gasteiger partial charge is 0.380 e. The molecule has 0 saturated heterocycles. The maximum absolute atomic E-state index is 10.9. The molecule has 2 aromatic carbocycles. The molecule has 2 N–H and O–H groups in total. The predicted octanol–water partition coefficient (Wildman–Crippen LogP) is 2.17. The SMILES string of the molecule is NS(=O)(=O)Oc1ccc2oc3ccccc3c2c1. The molecular weight excluding hydrogens is 254 g/mol. The Morgan fingerprint density at radius 2 is 1.72 bits per heavy atom. The van der Waals surface area contributed by atoms with Gasteiger partial charge >= 0.3 is 10.3 Å². The molecule has 1 heterocycles. The molecule has 92 valence electrons. The molecule has 1 aromatic heterocycles. The van der Waals surface area contributed by atoms with Crippen LogP contribution in [-0.4, -0.2) is 8.42 Å². The van der Waals surface area contributed by atoms with Crippen molar-refractivity contribution in [1.82, 2.24) is 0 Å². The van der Waals surface area contributed by atoms with Crippen molar-refractivity contribution in [3.63, 3.8) is 0 Å². The van der Waals surface area contributed by atoms with Crippen molar-refractivity contribution < 1.29 is 17.0 Å². The molecule has 0 aliphatic rings. The zero-order valence-corrected chi connectivity index (χ0v) is 9.98. The van der Waals surface area contributed by atoms with E-state index in [4.69, 9.17) is 9.56 Å². The second kappa shape index (κ2) is 3.72. The van der Waals surface area contributed by atoms with Crippen LogP contribution in [0.1, 0.15) is 0 Å². The van der Waals surface area contributed by atoms with Gasteiger partial charge < -0.3 is 8.60 Å². The van der Waals surface area contributed by atoms with E-state index < -0.39 is 10.3 Å². The van der Waals surface area contributed by atoms with E-state index >= 15 is 0 Å². The van der Waals surface area contributed by atoms with Gasteiger partial charge in [-0.3, -0.25) is 0 Å². The van der Waals surface area contributed by atoms with Gasteiger partial charge in [-0.05, 0) is 24.3 Å². The van der Waals surface area contributed by atoms with Gasteiger partial charge in [-0.1, -0.05) is 18.2 Å². The standard InChI is InChI=1S/C12H9NO4S/c13-18(14,15)17-8-5-6-12-10(7-8)9-3-1-2-4-11(9)16-12/h1-7H,(H2,13,14,15). The molecule has 0 bridgehead atoms. The Morgan fingerprint density at radius 3 is 2.50 bits per heavy atom. The lowest BCUT2D eigenvalue weighted by molar-refractivity contribution is 0.488. The van der Waals surface area contributed by atoms with E-state index in [9.17, 15) is 8.42 Å². The summed E-state index contributed by atoms with van der Waals surface area (Å²) in [6, 6.07) is 12.2. The van der Waals surface area contributed by atoms with Crippen LogP contribution in [-0.2, 0) is 10.3 Å². The molecule has 3 rings (SSSR count). The fourth-order valence-corrected chi connectivity index (χ4v) is 2.26. The summed E-state index contributed by atoms with van der Waals surface area (Å²) in [5.41, 5.74) is 1.40. The van der Waals surface area contributed by atoms with Crippen molar-refractivity contribution in [2.45, 2.75) is 0 Å². The number of fused-ring (bicyclic) bond motifs is 3. The second-order valence-electron chi connectivity index (χ2n) is 3.83. The highest BCUT2D eigenvalue weighted by molar-refractivity contribution is 7.84. The maximum Gasteiger partial charge on any atom is 0.380 e. The third-order valence-corrected chi connectivity index (χ3v) is 2.99. The number of furan rings is 1. The van der Waals surface area contributed by atoms with Crippen LogP contribution in [0.4, 0.5) is 0 Å². The molecule has 18 heavy (non-hydrogen) atoms. The van der Waals surface area contributed by atoms with Crippen LogP contribution in [0.3, 0.4) is 0 Å². The first-order valence-corrected chi connectivity index (χ1v) is 6.63. The summed E-state index contributed by atoms with van der Waals surface area (Å²) in [7, 11) is -4.01. The number of hydrogen-bond acceptors (Lipinski definition) is 4. The third kappa shape index (κ3) is 1.92. The van der Waals surface area contributed by atoms with Crippen LogP contribution in [0, 0.1) is 0 Å². The molecular formula is C12H9NO4S. The van der Waals surface area contributed by atoms with Gasteiger partial charge in [0.15, 0.2) is 0 Å². The molecule has 0 unspecified atom stereocenters. The van der Waals surface area contributed by atoms with Gasteiger partial charge in [-0.25, -0.2) is 0 Å². The van der Waals surface area contributed by atoms with E-state index in [1.807, 2.05) is 24.3 Å².